The molecule has 4 rings (SSSR count). The maximum Gasteiger partial charge on any atom is 0.490 e. The molecule has 2 aromatic carbocycles. The summed E-state index contributed by atoms with van der Waals surface area (Å²) < 4.78 is 37.1. The molecule has 0 aliphatic carbocycles. The number of carboxylic acids is 1. The van der Waals surface area contributed by atoms with E-state index >= 15 is 0 Å². The van der Waals surface area contributed by atoms with Crippen molar-refractivity contribution in [1.82, 2.24) is 10.3 Å². The number of halogens is 3. The second-order valence-corrected chi connectivity index (χ2v) is 10.1. The zero-order chi connectivity index (χ0) is 31.8. The van der Waals surface area contributed by atoms with Crippen LogP contribution < -0.4 is 10.2 Å². The number of aromatic nitrogens is 1. The molecule has 9 nitrogen and oxygen atoms in total. The lowest BCUT2D eigenvalue weighted by Crippen LogP contribution is -2.49. The topological polar surface area (TPSA) is 137 Å². The van der Waals surface area contributed by atoms with Gasteiger partial charge in [0.2, 0.25) is 5.91 Å². The summed E-state index contributed by atoms with van der Waals surface area (Å²) in [5.74, 6) is -3.48. The normalized spacial score (nSPS) is 11.7. The van der Waals surface area contributed by atoms with E-state index in [0.29, 0.717) is 16.8 Å². The Labute approximate surface area is 245 Å². The maximum absolute atomic E-state index is 13.7. The minimum absolute atomic E-state index is 0.103. The predicted octanol–water partition coefficient (Wildman–Crippen LogP) is 6.15. The molecule has 0 radical (unpaired) electrons. The quantitative estimate of drug-likeness (QED) is 0.274. The molecule has 1 atom stereocenters. The Morgan fingerprint density at radius 1 is 0.977 bits per heavy atom. The van der Waals surface area contributed by atoms with E-state index in [0.717, 1.165) is 11.1 Å². The fourth-order valence-corrected chi connectivity index (χ4v) is 3.93. The van der Waals surface area contributed by atoms with E-state index in [-0.39, 0.29) is 11.7 Å². The van der Waals surface area contributed by atoms with Crippen molar-refractivity contribution >= 4 is 23.5 Å². The van der Waals surface area contributed by atoms with Crippen molar-refractivity contribution in [3.8, 4) is 17.2 Å². The smallest absolute Gasteiger partial charge is 0.475 e. The summed E-state index contributed by atoms with van der Waals surface area (Å²) in [6.45, 7) is 5.64. The molecule has 0 saturated heterocycles. The van der Waals surface area contributed by atoms with E-state index in [9.17, 15) is 28.0 Å². The molecule has 2 amide bonds. The maximum atomic E-state index is 13.7. The molecule has 4 aromatic rings. The first-order valence-corrected chi connectivity index (χ1v) is 12.7. The zero-order valence-corrected chi connectivity index (χ0v) is 23.3. The summed E-state index contributed by atoms with van der Waals surface area (Å²) in [7, 11) is 0. The van der Waals surface area contributed by atoms with Gasteiger partial charge in [0, 0.05) is 29.2 Å². The molecule has 12 heteroatoms. The second kappa shape index (κ2) is 13.5. The zero-order valence-electron chi connectivity index (χ0n) is 23.3. The van der Waals surface area contributed by atoms with Crippen LogP contribution in [0, 0.1) is 11.3 Å². The lowest BCUT2D eigenvalue weighted by atomic mass is 9.99. The van der Waals surface area contributed by atoms with Gasteiger partial charge in [-0.05, 0) is 68.3 Å². The van der Waals surface area contributed by atoms with Gasteiger partial charge < -0.3 is 14.8 Å². The highest BCUT2D eigenvalue weighted by molar-refractivity contribution is 6.08. The van der Waals surface area contributed by atoms with Gasteiger partial charge in [-0.2, -0.15) is 18.4 Å². The highest BCUT2D eigenvalue weighted by Crippen LogP contribution is 2.32. The Morgan fingerprint density at radius 2 is 1.63 bits per heavy atom. The molecule has 1 unspecified atom stereocenters. The van der Waals surface area contributed by atoms with Crippen molar-refractivity contribution in [2.45, 2.75) is 38.5 Å². The summed E-state index contributed by atoms with van der Waals surface area (Å²) in [4.78, 5) is 41.8. The molecular formula is C31H27F3N4O5. The lowest BCUT2D eigenvalue weighted by molar-refractivity contribution is -0.192. The Kier molecular flexibility index (Phi) is 10.1. The van der Waals surface area contributed by atoms with Crippen LogP contribution in [0.3, 0.4) is 0 Å². The van der Waals surface area contributed by atoms with Crippen LogP contribution in [0.15, 0.2) is 95.9 Å². The van der Waals surface area contributed by atoms with Gasteiger partial charge in [-0.15, -0.1) is 0 Å². The number of hydrogen-bond donors (Lipinski definition) is 2. The molecule has 0 fully saturated rings. The van der Waals surface area contributed by atoms with Crippen molar-refractivity contribution < 1.29 is 37.1 Å². The molecule has 0 aliphatic heterocycles. The third-order valence-electron chi connectivity index (χ3n) is 5.70. The van der Waals surface area contributed by atoms with Gasteiger partial charge in [-0.25, -0.2) is 4.79 Å². The first-order valence-electron chi connectivity index (χ1n) is 12.7. The minimum atomic E-state index is -5.08. The number of anilines is 1. The second-order valence-electron chi connectivity index (χ2n) is 10.1. The third-order valence-corrected chi connectivity index (χ3v) is 5.70. The van der Waals surface area contributed by atoms with Crippen LogP contribution in [-0.2, 0) is 9.59 Å². The lowest BCUT2D eigenvalue weighted by Gasteiger charge is -2.33. The first-order chi connectivity index (χ1) is 20.2. The van der Waals surface area contributed by atoms with Crippen LogP contribution in [0.2, 0.25) is 0 Å². The SMILES string of the molecule is CC(C)(C)NC(=O)C(c1cccnc1)N(C(=O)c1ccco1)c1ccc(-c2ccccc2C#N)cc1.O=C(O)C(F)(F)F. The average Bonchev–Trinajstić information content (AvgIpc) is 3.50. The van der Waals surface area contributed by atoms with E-state index < -0.39 is 29.6 Å². The largest absolute Gasteiger partial charge is 0.490 e. The van der Waals surface area contributed by atoms with E-state index in [1.54, 1.807) is 54.9 Å². The van der Waals surface area contributed by atoms with E-state index in [2.05, 4.69) is 16.4 Å². The fraction of sp³-hybridized carbons (Fsp3) is 0.194. The van der Waals surface area contributed by atoms with Crippen molar-refractivity contribution in [3.05, 3.63) is 108 Å². The van der Waals surface area contributed by atoms with E-state index in [1.165, 1.54) is 11.2 Å². The standard InChI is InChI=1S/C29H26N4O3.C2HF3O2/c1-29(2,3)32-27(34)26(22-9-6-16-31-19-22)33(28(35)25-11-7-17-36-25)23-14-12-20(13-15-23)24-10-5-4-8-21(24)18-30;3-2(4,5)1(6)7/h4-17,19,26H,1-3H3,(H,32,34);(H,6,7). The van der Waals surface area contributed by atoms with Crippen LogP contribution in [0.5, 0.6) is 0 Å². The van der Waals surface area contributed by atoms with Crippen LogP contribution >= 0.6 is 0 Å². The van der Waals surface area contributed by atoms with Crippen LogP contribution in [0.1, 0.15) is 48.5 Å². The Hall–Kier alpha value is -5.44. The number of benzene rings is 2. The molecule has 43 heavy (non-hydrogen) atoms. The van der Waals surface area contributed by atoms with Crippen LogP contribution in [-0.4, -0.2) is 39.6 Å². The summed E-state index contributed by atoms with van der Waals surface area (Å²) in [6.07, 6.45) is -0.475. The van der Waals surface area contributed by atoms with E-state index in [4.69, 9.17) is 14.3 Å². The molecule has 0 aliphatic rings. The highest BCUT2D eigenvalue weighted by atomic mass is 19.4. The van der Waals surface area contributed by atoms with E-state index in [1.807, 2.05) is 51.1 Å². The third kappa shape index (κ3) is 8.53. The average molecular weight is 593 g/mol. The predicted molar refractivity (Wildman–Crippen MR) is 151 cm³/mol. The monoisotopic (exact) mass is 592 g/mol. The number of rotatable bonds is 6. The fourth-order valence-electron chi connectivity index (χ4n) is 3.93. The van der Waals surface area contributed by atoms with Crippen molar-refractivity contribution in [3.63, 3.8) is 0 Å². The molecule has 0 saturated carbocycles. The Bertz CT molecular complexity index is 1590. The summed E-state index contributed by atoms with van der Waals surface area (Å²) in [6, 6.07) is 22.4. The number of alkyl halides is 3. The molecule has 0 bridgehead atoms. The molecule has 222 valence electrons. The van der Waals surface area contributed by atoms with Crippen molar-refractivity contribution in [2.75, 3.05) is 4.90 Å². The van der Waals surface area contributed by atoms with Gasteiger partial charge in [0.15, 0.2) is 5.76 Å². The minimum Gasteiger partial charge on any atom is -0.475 e. The number of nitrogens with one attached hydrogen (secondary N) is 1. The number of nitrogens with zero attached hydrogens (tertiary/aromatic N) is 3. The number of carbonyl (C=O) groups is 3. The summed E-state index contributed by atoms with van der Waals surface area (Å²) >= 11 is 0. The molecule has 2 aromatic heterocycles. The molecule has 2 N–H and O–H groups in total. The number of carbonyl (C=O) groups excluding carboxylic acids is 2. The number of nitriles is 1. The number of hydrogen-bond acceptors (Lipinski definition) is 6. The molecular weight excluding hydrogens is 565 g/mol. The van der Waals surface area contributed by atoms with Crippen LogP contribution in [0.4, 0.5) is 18.9 Å². The Balaban J connectivity index is 0.000000646. The van der Waals surface area contributed by atoms with Crippen molar-refractivity contribution in [1.29, 1.82) is 5.26 Å². The van der Waals surface area contributed by atoms with Gasteiger partial charge in [0.25, 0.3) is 5.91 Å². The number of pyridine rings is 1. The number of aliphatic carboxylic acids is 1. The van der Waals surface area contributed by atoms with Crippen molar-refractivity contribution in [2.24, 2.45) is 0 Å². The number of carboxylic acid groups (broad SMARTS) is 1. The van der Waals surface area contributed by atoms with Gasteiger partial charge in [0.1, 0.15) is 6.04 Å². The van der Waals surface area contributed by atoms with Gasteiger partial charge in [-0.1, -0.05) is 36.4 Å². The van der Waals surface area contributed by atoms with Crippen LogP contribution in [0.25, 0.3) is 11.1 Å². The number of furan rings is 1. The summed E-state index contributed by atoms with van der Waals surface area (Å²) in [5, 5.41) is 19.6. The summed E-state index contributed by atoms with van der Waals surface area (Å²) in [5.41, 5.74) is 2.67. The highest BCUT2D eigenvalue weighted by Gasteiger charge is 2.38. The molecule has 0 spiro atoms. The van der Waals surface area contributed by atoms with Gasteiger partial charge in [-0.3, -0.25) is 19.5 Å². The van der Waals surface area contributed by atoms with Gasteiger partial charge in [0.05, 0.1) is 17.9 Å². The molecule has 2 heterocycles. The first kappa shape index (κ1) is 32.1. The Morgan fingerprint density at radius 3 is 2.14 bits per heavy atom. The number of amides is 2. The van der Waals surface area contributed by atoms with Gasteiger partial charge >= 0.3 is 12.1 Å².